The van der Waals surface area contributed by atoms with E-state index in [2.05, 4.69) is 0 Å². The lowest BCUT2D eigenvalue weighted by molar-refractivity contribution is -0.115. The molecule has 112 valence electrons. The van der Waals surface area contributed by atoms with Crippen LogP contribution in [0.2, 0.25) is 5.02 Å². The third kappa shape index (κ3) is 3.92. The van der Waals surface area contributed by atoms with Gasteiger partial charge < -0.3 is 4.74 Å². The molecule has 0 aromatic heterocycles. The molecule has 0 saturated heterocycles. The van der Waals surface area contributed by atoms with E-state index in [0.717, 1.165) is 6.26 Å². The van der Waals surface area contributed by atoms with E-state index in [1.807, 2.05) is 0 Å². The van der Waals surface area contributed by atoms with Crippen LogP contribution in [0.15, 0.2) is 34.9 Å². The first-order chi connectivity index (χ1) is 9.77. The van der Waals surface area contributed by atoms with E-state index in [1.165, 1.54) is 24.3 Å². The summed E-state index contributed by atoms with van der Waals surface area (Å²) in [5.41, 5.74) is 0.0583. The molecule has 0 fully saturated rings. The smallest absolute Gasteiger partial charge is 0.344 e. The second-order valence-electron chi connectivity index (χ2n) is 4.73. The Morgan fingerprint density at radius 1 is 1.29 bits per heavy atom. The van der Waals surface area contributed by atoms with Gasteiger partial charge in [-0.3, -0.25) is 4.79 Å². The Kier molecular flexibility index (Phi) is 4.49. The summed E-state index contributed by atoms with van der Waals surface area (Å²) >= 11 is 5.92. The lowest BCUT2D eigenvalue weighted by Crippen LogP contribution is -2.11. The molecule has 0 spiro atoms. The predicted octanol–water partition coefficient (Wildman–Crippen LogP) is 2.54. The van der Waals surface area contributed by atoms with Crippen molar-refractivity contribution in [1.29, 1.82) is 0 Å². The topological polar surface area (TPSA) is 77.5 Å². The Morgan fingerprint density at radius 3 is 2.57 bits per heavy atom. The van der Waals surface area contributed by atoms with Crippen molar-refractivity contribution in [2.75, 3.05) is 6.26 Å². The number of carbonyl (C=O) groups is 2. The summed E-state index contributed by atoms with van der Waals surface area (Å²) in [6.45, 7) is 0. The second kappa shape index (κ2) is 5.99. The number of carbonyl (C=O) groups excluding carboxylic acids is 2. The van der Waals surface area contributed by atoms with Crippen LogP contribution in [0.5, 0.6) is 0 Å². The zero-order valence-corrected chi connectivity index (χ0v) is 12.8. The van der Waals surface area contributed by atoms with Crippen molar-refractivity contribution >= 4 is 33.2 Å². The molecule has 0 unspecified atom stereocenters. The van der Waals surface area contributed by atoms with E-state index in [9.17, 15) is 18.0 Å². The Balaban J connectivity index is 2.22. The largest absolute Gasteiger partial charge is 0.427 e. The molecule has 5 nitrogen and oxygen atoms in total. The van der Waals surface area contributed by atoms with Crippen molar-refractivity contribution < 1.29 is 22.7 Å². The first-order valence-electron chi connectivity index (χ1n) is 6.22. The van der Waals surface area contributed by atoms with Crippen molar-refractivity contribution in [2.45, 2.75) is 24.2 Å². The fraction of sp³-hybridized carbons (Fsp3) is 0.286. The van der Waals surface area contributed by atoms with Gasteiger partial charge in [0.05, 0.1) is 15.5 Å². The minimum absolute atomic E-state index is 0.00865. The van der Waals surface area contributed by atoms with E-state index < -0.39 is 15.8 Å². The summed E-state index contributed by atoms with van der Waals surface area (Å²) in [5, 5.41) is -0.00865. The highest BCUT2D eigenvalue weighted by molar-refractivity contribution is 7.90. The number of hydrogen-bond acceptors (Lipinski definition) is 5. The highest BCUT2D eigenvalue weighted by Crippen LogP contribution is 2.24. The molecule has 0 radical (unpaired) electrons. The molecule has 0 saturated carbocycles. The molecule has 0 atom stereocenters. The lowest BCUT2D eigenvalue weighted by Gasteiger charge is -2.13. The number of hydrogen-bond donors (Lipinski definition) is 0. The van der Waals surface area contributed by atoms with Gasteiger partial charge in [0.2, 0.25) is 0 Å². The molecule has 1 aliphatic carbocycles. The Hall–Kier alpha value is -1.66. The molecule has 1 aliphatic rings. The maximum atomic E-state index is 12.0. The van der Waals surface area contributed by atoms with Gasteiger partial charge in [-0.1, -0.05) is 11.6 Å². The summed E-state index contributed by atoms with van der Waals surface area (Å²) in [5.74, 6) is -0.483. The van der Waals surface area contributed by atoms with Gasteiger partial charge in [0, 0.05) is 25.2 Å². The average molecular weight is 329 g/mol. The summed E-state index contributed by atoms with van der Waals surface area (Å²) in [6.07, 6.45) is 3.95. The van der Waals surface area contributed by atoms with Crippen LogP contribution in [0.4, 0.5) is 0 Å². The Bertz CT molecular complexity index is 734. The van der Waals surface area contributed by atoms with E-state index >= 15 is 0 Å². The molecule has 1 aromatic carbocycles. The molecular formula is C14H13ClO5S. The van der Waals surface area contributed by atoms with Crippen molar-refractivity contribution in [3.8, 4) is 0 Å². The molecule has 0 aliphatic heterocycles. The Morgan fingerprint density at radius 2 is 2.00 bits per heavy atom. The molecular weight excluding hydrogens is 316 g/mol. The Labute approximate surface area is 127 Å². The van der Waals surface area contributed by atoms with Crippen molar-refractivity contribution in [3.63, 3.8) is 0 Å². The fourth-order valence-corrected chi connectivity index (χ4v) is 2.88. The summed E-state index contributed by atoms with van der Waals surface area (Å²) in [7, 11) is -3.39. The molecule has 1 aromatic rings. The zero-order chi connectivity index (χ0) is 15.6. The highest BCUT2D eigenvalue weighted by atomic mass is 35.5. The van der Waals surface area contributed by atoms with E-state index in [4.69, 9.17) is 16.3 Å². The van der Waals surface area contributed by atoms with Crippen LogP contribution in [-0.4, -0.2) is 26.4 Å². The summed E-state index contributed by atoms with van der Waals surface area (Å²) in [6, 6.07) is 3.79. The SMILES string of the molecule is CS(=O)(=O)c1ccc(C(=O)OC2=CC(=O)CCC2)c(Cl)c1. The minimum Gasteiger partial charge on any atom is -0.427 e. The van der Waals surface area contributed by atoms with Gasteiger partial charge >= 0.3 is 5.97 Å². The van der Waals surface area contributed by atoms with Gasteiger partial charge in [-0.15, -0.1) is 0 Å². The minimum atomic E-state index is -3.39. The van der Waals surface area contributed by atoms with Crippen molar-refractivity contribution in [3.05, 3.63) is 40.6 Å². The maximum absolute atomic E-state index is 12.0. The van der Waals surface area contributed by atoms with Crippen LogP contribution in [0.25, 0.3) is 0 Å². The van der Waals surface area contributed by atoms with Crippen LogP contribution < -0.4 is 0 Å². The van der Waals surface area contributed by atoms with Gasteiger partial charge in [-0.2, -0.15) is 0 Å². The van der Waals surface area contributed by atoms with Gasteiger partial charge in [-0.05, 0) is 24.6 Å². The molecule has 2 rings (SSSR count). The van der Waals surface area contributed by atoms with Gasteiger partial charge in [0.25, 0.3) is 0 Å². The van der Waals surface area contributed by atoms with Crippen molar-refractivity contribution in [1.82, 2.24) is 0 Å². The monoisotopic (exact) mass is 328 g/mol. The van der Waals surface area contributed by atoms with Gasteiger partial charge in [0.1, 0.15) is 5.76 Å². The number of halogens is 1. The standard InChI is InChI=1S/C14H13ClO5S/c1-21(18,19)11-5-6-12(13(15)8-11)14(17)20-10-4-2-3-9(16)7-10/h5-8H,2-4H2,1H3. The highest BCUT2D eigenvalue weighted by Gasteiger charge is 2.19. The number of esters is 1. The number of ether oxygens (including phenoxy) is 1. The van der Waals surface area contributed by atoms with Crippen LogP contribution in [-0.2, 0) is 19.4 Å². The molecule has 0 bridgehead atoms. The molecule has 7 heteroatoms. The normalized spacial score (nSPS) is 15.5. The van der Waals surface area contributed by atoms with Crippen LogP contribution in [0.1, 0.15) is 29.6 Å². The quantitative estimate of drug-likeness (QED) is 0.797. The predicted molar refractivity (Wildman–Crippen MR) is 76.9 cm³/mol. The molecule has 0 heterocycles. The van der Waals surface area contributed by atoms with Crippen LogP contribution in [0, 0.1) is 0 Å². The second-order valence-corrected chi connectivity index (χ2v) is 7.16. The molecule has 0 amide bonds. The average Bonchev–Trinajstić information content (AvgIpc) is 2.37. The van der Waals surface area contributed by atoms with Gasteiger partial charge in [-0.25, -0.2) is 13.2 Å². The van der Waals surface area contributed by atoms with Crippen LogP contribution in [0.3, 0.4) is 0 Å². The number of allylic oxidation sites excluding steroid dienone is 2. The number of benzene rings is 1. The maximum Gasteiger partial charge on any atom is 0.344 e. The van der Waals surface area contributed by atoms with E-state index in [0.29, 0.717) is 25.0 Å². The molecule has 0 N–H and O–H groups in total. The van der Waals surface area contributed by atoms with E-state index in [-0.39, 0.29) is 21.3 Å². The lowest BCUT2D eigenvalue weighted by atomic mass is 10.1. The fourth-order valence-electron chi connectivity index (χ4n) is 1.91. The first-order valence-corrected chi connectivity index (χ1v) is 8.49. The van der Waals surface area contributed by atoms with Gasteiger partial charge in [0.15, 0.2) is 15.6 Å². The summed E-state index contributed by atoms with van der Waals surface area (Å²) < 4.78 is 27.9. The zero-order valence-electron chi connectivity index (χ0n) is 11.3. The number of rotatable bonds is 3. The van der Waals surface area contributed by atoms with E-state index in [1.54, 1.807) is 0 Å². The first kappa shape index (κ1) is 15.7. The number of ketones is 1. The van der Waals surface area contributed by atoms with Crippen LogP contribution >= 0.6 is 11.6 Å². The third-order valence-electron chi connectivity index (χ3n) is 2.98. The summed E-state index contributed by atoms with van der Waals surface area (Å²) in [4.78, 5) is 23.3. The molecule has 21 heavy (non-hydrogen) atoms. The number of sulfone groups is 1. The third-order valence-corrected chi connectivity index (χ3v) is 4.40. The van der Waals surface area contributed by atoms with Crippen molar-refractivity contribution in [2.24, 2.45) is 0 Å².